The fourth-order valence-corrected chi connectivity index (χ4v) is 2.24. The molecule has 16 heavy (non-hydrogen) atoms. The Hall–Kier alpha value is -1.04. The molecule has 0 bridgehead atoms. The number of hydrogen-bond acceptors (Lipinski definition) is 2. The Balaban J connectivity index is 2.33. The van der Waals surface area contributed by atoms with E-state index in [-0.39, 0.29) is 12.0 Å². The van der Waals surface area contributed by atoms with Crippen LogP contribution in [-0.2, 0) is 11.6 Å². The molecule has 90 valence electrons. The molecule has 1 atom stereocenters. The van der Waals surface area contributed by atoms with Crippen molar-refractivity contribution in [2.75, 3.05) is 6.61 Å². The van der Waals surface area contributed by atoms with E-state index in [4.69, 9.17) is 0 Å². The second-order valence-corrected chi connectivity index (χ2v) is 4.97. The molecular formula is C10H13F3N2O. The summed E-state index contributed by atoms with van der Waals surface area (Å²) in [4.78, 5) is 0. The molecule has 1 saturated carbocycles. The van der Waals surface area contributed by atoms with Gasteiger partial charge >= 0.3 is 6.18 Å². The number of aliphatic hydroxyl groups is 1. The Labute approximate surface area is 90.7 Å². The van der Waals surface area contributed by atoms with Crippen molar-refractivity contribution in [2.24, 2.45) is 5.41 Å². The number of aliphatic hydroxyl groups excluding tert-OH is 1. The lowest BCUT2D eigenvalue weighted by Crippen LogP contribution is -2.19. The first kappa shape index (κ1) is 11.4. The summed E-state index contributed by atoms with van der Waals surface area (Å²) in [6, 6.07) is 0.991. The second kappa shape index (κ2) is 3.00. The summed E-state index contributed by atoms with van der Waals surface area (Å²) in [7, 11) is 0. The van der Waals surface area contributed by atoms with Crippen LogP contribution in [-0.4, -0.2) is 21.9 Å². The number of H-pyrrole nitrogens is 1. The van der Waals surface area contributed by atoms with E-state index in [2.05, 4.69) is 10.2 Å². The third kappa shape index (κ3) is 1.43. The Morgan fingerprint density at radius 3 is 2.38 bits per heavy atom. The summed E-state index contributed by atoms with van der Waals surface area (Å²) in [5.74, 6) is 0. The Bertz CT molecular complexity index is 410. The van der Waals surface area contributed by atoms with Gasteiger partial charge in [-0.05, 0) is 17.9 Å². The minimum Gasteiger partial charge on any atom is -0.395 e. The summed E-state index contributed by atoms with van der Waals surface area (Å²) in [6.07, 6.45) is -3.78. The molecule has 1 aliphatic rings. The Morgan fingerprint density at radius 1 is 1.50 bits per heavy atom. The lowest BCUT2D eigenvalue weighted by atomic mass is 9.93. The quantitative estimate of drug-likeness (QED) is 0.823. The van der Waals surface area contributed by atoms with Gasteiger partial charge in [-0.2, -0.15) is 18.3 Å². The molecule has 0 aromatic carbocycles. The van der Waals surface area contributed by atoms with Gasteiger partial charge in [0.2, 0.25) is 0 Å². The van der Waals surface area contributed by atoms with E-state index in [9.17, 15) is 18.3 Å². The molecule has 2 N–H and O–H groups in total. The zero-order valence-corrected chi connectivity index (χ0v) is 9.02. The van der Waals surface area contributed by atoms with Crippen LogP contribution in [0.1, 0.15) is 31.7 Å². The predicted molar refractivity (Wildman–Crippen MR) is 50.8 cm³/mol. The van der Waals surface area contributed by atoms with Gasteiger partial charge in [0.15, 0.2) is 5.69 Å². The smallest absolute Gasteiger partial charge is 0.395 e. The maximum Gasteiger partial charge on any atom is 0.435 e. The standard InChI is InChI=1S/C10H13F3N2O/c1-8(2)4-9(8,5-16)6-3-7(15-14-6)10(11,12)13/h3,16H,4-5H2,1-2H3,(H,14,15). The van der Waals surface area contributed by atoms with Crippen LogP contribution in [0.15, 0.2) is 6.07 Å². The highest BCUT2D eigenvalue weighted by Gasteiger charge is 2.63. The van der Waals surface area contributed by atoms with Gasteiger partial charge in [-0.1, -0.05) is 13.8 Å². The van der Waals surface area contributed by atoms with Gasteiger partial charge in [-0.15, -0.1) is 0 Å². The third-order valence-corrected chi connectivity index (χ3v) is 3.57. The number of nitrogens with zero attached hydrogens (tertiary/aromatic N) is 1. The number of halogens is 3. The summed E-state index contributed by atoms with van der Waals surface area (Å²) >= 11 is 0. The molecule has 0 aliphatic heterocycles. The summed E-state index contributed by atoms with van der Waals surface area (Å²) in [5.41, 5.74) is -1.34. The van der Waals surface area contributed by atoms with E-state index in [0.29, 0.717) is 12.1 Å². The van der Waals surface area contributed by atoms with Crippen LogP contribution in [0.25, 0.3) is 0 Å². The fourth-order valence-electron chi connectivity index (χ4n) is 2.24. The zero-order valence-electron chi connectivity index (χ0n) is 9.02. The molecule has 0 radical (unpaired) electrons. The average Bonchev–Trinajstić information content (AvgIpc) is 2.59. The molecule has 0 saturated heterocycles. The first-order valence-electron chi connectivity index (χ1n) is 4.97. The monoisotopic (exact) mass is 234 g/mol. The van der Waals surface area contributed by atoms with E-state index in [1.807, 2.05) is 13.8 Å². The van der Waals surface area contributed by atoms with Crippen molar-refractivity contribution in [3.8, 4) is 0 Å². The second-order valence-electron chi connectivity index (χ2n) is 4.97. The zero-order chi connectivity index (χ0) is 12.2. The third-order valence-electron chi connectivity index (χ3n) is 3.57. The molecule has 1 heterocycles. The lowest BCUT2D eigenvalue weighted by molar-refractivity contribution is -0.141. The van der Waals surface area contributed by atoms with Crippen molar-refractivity contribution >= 4 is 0 Å². The minimum absolute atomic E-state index is 0.167. The number of aromatic nitrogens is 2. The van der Waals surface area contributed by atoms with E-state index in [0.717, 1.165) is 6.07 Å². The summed E-state index contributed by atoms with van der Waals surface area (Å²) in [5, 5.41) is 15.0. The molecule has 1 aliphatic carbocycles. The van der Waals surface area contributed by atoms with E-state index in [1.54, 1.807) is 0 Å². The molecule has 1 unspecified atom stereocenters. The normalized spacial score (nSPS) is 28.1. The van der Waals surface area contributed by atoms with Crippen molar-refractivity contribution in [1.29, 1.82) is 0 Å². The highest BCUT2D eigenvalue weighted by atomic mass is 19.4. The maximum atomic E-state index is 12.4. The van der Waals surface area contributed by atoms with Crippen molar-refractivity contribution in [3.05, 3.63) is 17.5 Å². The topological polar surface area (TPSA) is 48.9 Å². The molecule has 1 aromatic heterocycles. The molecule has 1 aromatic rings. The van der Waals surface area contributed by atoms with Gasteiger partial charge in [-0.25, -0.2) is 0 Å². The first-order valence-corrected chi connectivity index (χ1v) is 4.97. The number of rotatable bonds is 2. The summed E-state index contributed by atoms with van der Waals surface area (Å²) < 4.78 is 37.1. The van der Waals surface area contributed by atoms with Crippen molar-refractivity contribution in [1.82, 2.24) is 10.2 Å². The molecule has 6 heteroatoms. The maximum absolute atomic E-state index is 12.4. The van der Waals surface area contributed by atoms with E-state index < -0.39 is 17.3 Å². The van der Waals surface area contributed by atoms with Crippen LogP contribution < -0.4 is 0 Å². The van der Waals surface area contributed by atoms with Gasteiger partial charge < -0.3 is 5.11 Å². The largest absolute Gasteiger partial charge is 0.435 e. The average molecular weight is 234 g/mol. The van der Waals surface area contributed by atoms with Crippen molar-refractivity contribution in [2.45, 2.75) is 31.9 Å². The summed E-state index contributed by atoms with van der Waals surface area (Å²) in [6.45, 7) is 3.66. The molecule has 0 amide bonds. The van der Waals surface area contributed by atoms with Crippen molar-refractivity contribution in [3.63, 3.8) is 0 Å². The van der Waals surface area contributed by atoms with Crippen LogP contribution in [0.4, 0.5) is 13.2 Å². The highest BCUT2D eigenvalue weighted by molar-refractivity contribution is 5.33. The molecule has 0 spiro atoms. The number of hydrogen-bond donors (Lipinski definition) is 2. The van der Waals surface area contributed by atoms with Crippen LogP contribution in [0.2, 0.25) is 0 Å². The number of alkyl halides is 3. The van der Waals surface area contributed by atoms with E-state index >= 15 is 0 Å². The van der Waals surface area contributed by atoms with Gasteiger partial charge in [0.25, 0.3) is 0 Å². The first-order chi connectivity index (χ1) is 7.23. The van der Waals surface area contributed by atoms with E-state index in [1.165, 1.54) is 0 Å². The van der Waals surface area contributed by atoms with Crippen LogP contribution in [0.3, 0.4) is 0 Å². The number of aromatic amines is 1. The predicted octanol–water partition coefficient (Wildman–Crippen LogP) is 2.09. The van der Waals surface area contributed by atoms with Gasteiger partial charge in [-0.3, -0.25) is 5.10 Å². The van der Waals surface area contributed by atoms with Crippen LogP contribution >= 0.6 is 0 Å². The molecule has 2 rings (SSSR count). The Morgan fingerprint density at radius 2 is 2.06 bits per heavy atom. The van der Waals surface area contributed by atoms with Crippen LogP contribution in [0, 0.1) is 5.41 Å². The Kier molecular flexibility index (Phi) is 2.15. The van der Waals surface area contributed by atoms with Crippen LogP contribution in [0.5, 0.6) is 0 Å². The van der Waals surface area contributed by atoms with Gasteiger partial charge in [0.05, 0.1) is 6.61 Å². The van der Waals surface area contributed by atoms with Gasteiger partial charge in [0, 0.05) is 11.1 Å². The molecule has 3 nitrogen and oxygen atoms in total. The fraction of sp³-hybridized carbons (Fsp3) is 0.700. The highest BCUT2D eigenvalue weighted by Crippen LogP contribution is 2.63. The lowest BCUT2D eigenvalue weighted by Gasteiger charge is -2.15. The molecular weight excluding hydrogens is 221 g/mol. The van der Waals surface area contributed by atoms with Gasteiger partial charge in [0.1, 0.15) is 0 Å². The van der Waals surface area contributed by atoms with Crippen molar-refractivity contribution < 1.29 is 18.3 Å². The minimum atomic E-state index is -4.44. The molecule has 1 fully saturated rings. The SMILES string of the molecule is CC1(C)CC1(CO)c1cc(C(F)(F)F)n[nH]1. The number of nitrogens with one attached hydrogen (secondary N) is 1.